The van der Waals surface area contributed by atoms with Crippen LogP contribution in [0.2, 0.25) is 0 Å². The minimum Gasteiger partial charge on any atom is -0.465 e. The molecule has 0 atom stereocenters. The molecule has 1 radical (unpaired) electrons. The normalized spacial score (nSPS) is 8.92. The highest BCUT2D eigenvalue weighted by Gasteiger charge is 2.07. The van der Waals surface area contributed by atoms with Crippen molar-refractivity contribution in [2.75, 3.05) is 0 Å². The van der Waals surface area contributed by atoms with Crippen molar-refractivity contribution in [3.8, 4) is 9.85 Å². The largest absolute Gasteiger partial charge is 0.465 e. The maximum Gasteiger partial charge on any atom is 0.405 e. The van der Waals surface area contributed by atoms with Crippen LogP contribution in [0.3, 0.4) is 0 Å². The summed E-state index contributed by atoms with van der Waals surface area (Å²) in [5, 5.41) is 10.7. The summed E-state index contributed by atoms with van der Waals surface area (Å²) in [5.74, 6) is 2.71. The summed E-state index contributed by atoms with van der Waals surface area (Å²) in [6.45, 7) is 2.05. The zero-order valence-corrected chi connectivity index (χ0v) is 9.01. The molecular formula is C8H11INO2. The fourth-order valence-corrected chi connectivity index (χ4v) is 1.02. The minimum atomic E-state index is -1.04. The molecule has 4 heteroatoms. The van der Waals surface area contributed by atoms with Crippen molar-refractivity contribution in [3.05, 3.63) is 6.04 Å². The smallest absolute Gasteiger partial charge is 0.405 e. The zero-order valence-electron chi connectivity index (χ0n) is 6.85. The van der Waals surface area contributed by atoms with Crippen molar-refractivity contribution in [2.24, 2.45) is 0 Å². The second kappa shape index (κ2) is 7.22. The summed E-state index contributed by atoms with van der Waals surface area (Å²) in [7, 11) is 0. The van der Waals surface area contributed by atoms with E-state index in [1.165, 1.54) is 0 Å². The molecule has 0 heterocycles. The molecule has 12 heavy (non-hydrogen) atoms. The Morgan fingerprint density at radius 2 is 2.33 bits per heavy atom. The predicted molar refractivity (Wildman–Crippen MR) is 55.7 cm³/mol. The third kappa shape index (κ3) is 6.28. The van der Waals surface area contributed by atoms with Gasteiger partial charge in [0.15, 0.2) is 0 Å². The Bertz CT molecular complexity index is 195. The average molecular weight is 280 g/mol. The van der Waals surface area contributed by atoms with Gasteiger partial charge in [-0.3, -0.25) is 0 Å². The molecule has 0 fully saturated rings. The summed E-state index contributed by atoms with van der Waals surface area (Å²) in [6, 6.07) is 0.582. The molecule has 0 aromatic heterocycles. The Balaban J connectivity index is 3.83. The first-order chi connectivity index (χ1) is 5.70. The van der Waals surface area contributed by atoms with E-state index in [0.717, 1.165) is 12.8 Å². The van der Waals surface area contributed by atoms with E-state index in [0.29, 0.717) is 12.5 Å². The lowest BCUT2D eigenvalue weighted by molar-refractivity contribution is 0.195. The molecule has 0 aliphatic rings. The van der Waals surface area contributed by atoms with Crippen LogP contribution in [0.25, 0.3) is 0 Å². The maximum absolute atomic E-state index is 10.2. The van der Waals surface area contributed by atoms with Crippen LogP contribution in [0.4, 0.5) is 4.79 Å². The molecule has 0 saturated heterocycles. The lowest BCUT2D eigenvalue weighted by Crippen LogP contribution is -2.25. The average Bonchev–Trinajstić information content (AvgIpc) is 2.00. The Labute approximate surface area is 86.1 Å². The molecule has 0 unspecified atom stereocenters. The van der Waals surface area contributed by atoms with E-state index >= 15 is 0 Å². The van der Waals surface area contributed by atoms with Crippen molar-refractivity contribution in [2.45, 2.75) is 26.2 Å². The number of rotatable bonds is 4. The second-order valence-electron chi connectivity index (χ2n) is 2.23. The van der Waals surface area contributed by atoms with Crippen LogP contribution < -0.4 is 5.32 Å². The third-order valence-electron chi connectivity index (χ3n) is 1.24. The van der Waals surface area contributed by atoms with Gasteiger partial charge in [-0.15, -0.1) is 0 Å². The molecule has 0 aliphatic carbocycles. The molecule has 3 nitrogen and oxygen atoms in total. The van der Waals surface area contributed by atoms with Crippen LogP contribution in [-0.2, 0) is 0 Å². The Morgan fingerprint density at radius 3 is 2.75 bits per heavy atom. The van der Waals surface area contributed by atoms with Crippen LogP contribution in [0.1, 0.15) is 26.2 Å². The number of carboxylic acid groups (broad SMARTS) is 1. The van der Waals surface area contributed by atoms with Crippen LogP contribution in [0, 0.1) is 15.9 Å². The van der Waals surface area contributed by atoms with Gasteiger partial charge in [-0.05, 0) is 10.3 Å². The summed E-state index contributed by atoms with van der Waals surface area (Å²) in [5.41, 5.74) is 0. The highest BCUT2D eigenvalue weighted by molar-refractivity contribution is 14.1. The van der Waals surface area contributed by atoms with E-state index < -0.39 is 6.09 Å². The molecule has 67 valence electrons. The minimum absolute atomic E-state index is 0.582. The molecule has 0 aromatic carbocycles. The standard InChI is InChI=1S/C8H11INO2/c1-2-3-4-7(5-6-9)10-8(11)12/h10H,2-4H2,1H3,(H,11,12). The fourth-order valence-electron chi connectivity index (χ4n) is 0.696. The van der Waals surface area contributed by atoms with E-state index in [1.54, 1.807) is 0 Å². The SMILES string of the molecule is CCCC[C](C#CI)NC(=O)O. The van der Waals surface area contributed by atoms with Gasteiger partial charge in [-0.1, -0.05) is 25.7 Å². The summed E-state index contributed by atoms with van der Waals surface area (Å²) >= 11 is 1.89. The van der Waals surface area contributed by atoms with Crippen LogP contribution in [-0.4, -0.2) is 11.2 Å². The van der Waals surface area contributed by atoms with Crippen LogP contribution in [0.15, 0.2) is 0 Å². The summed E-state index contributed by atoms with van der Waals surface area (Å²) in [6.07, 6.45) is 1.66. The van der Waals surface area contributed by atoms with E-state index in [1.807, 2.05) is 22.6 Å². The third-order valence-corrected chi connectivity index (χ3v) is 1.51. The van der Waals surface area contributed by atoms with E-state index in [9.17, 15) is 4.79 Å². The van der Waals surface area contributed by atoms with Gasteiger partial charge in [0.05, 0.1) is 0 Å². The Hall–Kier alpha value is -0.440. The first kappa shape index (κ1) is 11.6. The maximum atomic E-state index is 10.2. The highest BCUT2D eigenvalue weighted by atomic mass is 127. The van der Waals surface area contributed by atoms with E-state index in [-0.39, 0.29) is 0 Å². The Morgan fingerprint density at radius 1 is 1.67 bits per heavy atom. The molecule has 0 saturated carbocycles. The molecular weight excluding hydrogens is 269 g/mol. The van der Waals surface area contributed by atoms with E-state index in [2.05, 4.69) is 22.1 Å². The number of hydrogen-bond donors (Lipinski definition) is 2. The molecule has 0 spiro atoms. The van der Waals surface area contributed by atoms with Crippen molar-refractivity contribution in [1.82, 2.24) is 5.32 Å². The lowest BCUT2D eigenvalue weighted by Gasteiger charge is -2.06. The topological polar surface area (TPSA) is 49.3 Å². The summed E-state index contributed by atoms with van der Waals surface area (Å²) in [4.78, 5) is 10.2. The summed E-state index contributed by atoms with van der Waals surface area (Å²) < 4.78 is 2.64. The van der Waals surface area contributed by atoms with Crippen LogP contribution >= 0.6 is 22.6 Å². The number of halogens is 1. The van der Waals surface area contributed by atoms with Crippen molar-refractivity contribution in [1.29, 1.82) is 0 Å². The van der Waals surface area contributed by atoms with E-state index in [4.69, 9.17) is 5.11 Å². The van der Waals surface area contributed by atoms with Gasteiger partial charge in [0.25, 0.3) is 0 Å². The lowest BCUT2D eigenvalue weighted by atomic mass is 10.1. The number of hydrogen-bond acceptors (Lipinski definition) is 1. The molecule has 0 bridgehead atoms. The molecule has 0 aromatic rings. The number of carbonyl (C=O) groups is 1. The van der Waals surface area contributed by atoms with Gasteiger partial charge in [0, 0.05) is 22.6 Å². The molecule has 1 amide bonds. The quantitative estimate of drug-likeness (QED) is 0.613. The first-order valence-electron chi connectivity index (χ1n) is 3.68. The van der Waals surface area contributed by atoms with Gasteiger partial charge in [-0.2, -0.15) is 0 Å². The van der Waals surface area contributed by atoms with Crippen molar-refractivity contribution < 1.29 is 9.90 Å². The van der Waals surface area contributed by atoms with Gasteiger partial charge in [-0.25, -0.2) is 4.79 Å². The van der Waals surface area contributed by atoms with Gasteiger partial charge >= 0.3 is 6.09 Å². The fraction of sp³-hybridized carbons (Fsp3) is 0.500. The Kier molecular flexibility index (Phi) is 6.96. The number of unbranched alkanes of at least 4 members (excludes halogenated alkanes) is 1. The second-order valence-corrected chi connectivity index (χ2v) is 2.77. The first-order valence-corrected chi connectivity index (χ1v) is 4.76. The van der Waals surface area contributed by atoms with Crippen LogP contribution in [0.5, 0.6) is 0 Å². The van der Waals surface area contributed by atoms with Gasteiger partial charge < -0.3 is 10.4 Å². The predicted octanol–water partition coefficient (Wildman–Crippen LogP) is 2.37. The molecule has 2 N–H and O–H groups in total. The van der Waals surface area contributed by atoms with Gasteiger partial charge in [0.1, 0.15) is 6.04 Å². The molecule has 0 rings (SSSR count). The molecule has 0 aliphatic heterocycles. The van der Waals surface area contributed by atoms with Crippen molar-refractivity contribution in [3.63, 3.8) is 0 Å². The monoisotopic (exact) mass is 280 g/mol. The van der Waals surface area contributed by atoms with Crippen molar-refractivity contribution >= 4 is 28.7 Å². The highest BCUT2D eigenvalue weighted by Crippen LogP contribution is 2.06. The van der Waals surface area contributed by atoms with Gasteiger partial charge in [0.2, 0.25) is 0 Å². The number of nitrogens with one attached hydrogen (secondary N) is 1. The number of amides is 1. The zero-order chi connectivity index (χ0) is 9.40.